The summed E-state index contributed by atoms with van der Waals surface area (Å²) in [5, 5.41) is 9.91. The number of nitrogens with zero attached hydrogens (tertiary/aromatic N) is 4. The number of ether oxygens (including phenoxy) is 1. The number of aromatic nitrogens is 2. The van der Waals surface area contributed by atoms with Crippen molar-refractivity contribution >= 4 is 29.2 Å². The van der Waals surface area contributed by atoms with E-state index in [0.29, 0.717) is 35.3 Å². The maximum atomic E-state index is 14.0. The van der Waals surface area contributed by atoms with Gasteiger partial charge in [-0.1, -0.05) is 6.07 Å². The maximum absolute atomic E-state index is 14.0. The molecule has 7 nitrogen and oxygen atoms in total. The average Bonchev–Trinajstić information content (AvgIpc) is 3.66. The van der Waals surface area contributed by atoms with Crippen LogP contribution in [0.5, 0.6) is 0 Å². The number of carbonyl (C=O) groups is 2. The van der Waals surface area contributed by atoms with Gasteiger partial charge in [-0.15, -0.1) is 0 Å². The van der Waals surface area contributed by atoms with Gasteiger partial charge in [0, 0.05) is 46.6 Å². The summed E-state index contributed by atoms with van der Waals surface area (Å²) in [4.78, 5) is 30.3. The highest BCUT2D eigenvalue weighted by atomic mass is 32.1. The average molecular weight is 519 g/mol. The second-order valence-corrected chi connectivity index (χ2v) is 9.67. The SMILES string of the molecule is C[C@H]1O[C@@H](c2cn(-c3ccc(F)c(F)c3)nc2-c2ccsc2)N(CCc2ccc3c(c2)=CC(=O)N=3)C1=O. The number of amides is 2. The molecule has 186 valence electrons. The first-order valence-electron chi connectivity index (χ1n) is 11.6. The fourth-order valence-corrected chi connectivity index (χ4v) is 5.25. The number of halogens is 2. The standard InChI is InChI=1S/C27H20F2N4O3S/c1-15-26(35)32(8-6-16-2-5-23-18(10-16)11-24(34)30-23)27(36-15)20-13-33(19-3-4-21(28)22(29)12-19)31-25(20)17-7-9-37-14-17/h2-5,7,9-15,27H,6,8H2,1H3/t15-,27+/m1/s1. The Kier molecular flexibility index (Phi) is 5.77. The van der Waals surface area contributed by atoms with Gasteiger partial charge in [0.05, 0.1) is 11.0 Å². The van der Waals surface area contributed by atoms with Crippen LogP contribution in [0.3, 0.4) is 0 Å². The molecule has 2 aromatic heterocycles. The van der Waals surface area contributed by atoms with Gasteiger partial charge in [0.1, 0.15) is 11.8 Å². The Balaban J connectivity index is 1.35. The minimum Gasteiger partial charge on any atom is -0.341 e. The zero-order valence-electron chi connectivity index (χ0n) is 19.6. The van der Waals surface area contributed by atoms with E-state index in [2.05, 4.69) is 10.1 Å². The number of carbonyl (C=O) groups excluding carboxylic acids is 2. The Morgan fingerprint density at radius 3 is 2.73 bits per heavy atom. The second kappa shape index (κ2) is 9.13. The first-order valence-corrected chi connectivity index (χ1v) is 12.6. The highest BCUT2D eigenvalue weighted by Crippen LogP contribution is 2.38. The number of hydrogen-bond donors (Lipinski definition) is 0. The Morgan fingerprint density at radius 2 is 1.95 bits per heavy atom. The molecule has 0 spiro atoms. The van der Waals surface area contributed by atoms with Gasteiger partial charge in [0.25, 0.3) is 11.8 Å². The van der Waals surface area contributed by atoms with Crippen LogP contribution in [0.25, 0.3) is 23.0 Å². The van der Waals surface area contributed by atoms with Gasteiger partial charge in [-0.05, 0) is 54.6 Å². The quantitative estimate of drug-likeness (QED) is 0.393. The van der Waals surface area contributed by atoms with Crippen LogP contribution >= 0.6 is 11.3 Å². The van der Waals surface area contributed by atoms with Crippen molar-refractivity contribution < 1.29 is 23.1 Å². The van der Waals surface area contributed by atoms with Crippen molar-refractivity contribution in [1.29, 1.82) is 0 Å². The van der Waals surface area contributed by atoms with Crippen molar-refractivity contribution in [3.05, 3.63) is 92.8 Å². The van der Waals surface area contributed by atoms with Crippen LogP contribution in [-0.4, -0.2) is 39.1 Å². The van der Waals surface area contributed by atoms with Crippen molar-refractivity contribution in [2.45, 2.75) is 25.7 Å². The van der Waals surface area contributed by atoms with Crippen molar-refractivity contribution in [3.8, 4) is 16.9 Å². The monoisotopic (exact) mass is 518 g/mol. The van der Waals surface area contributed by atoms with Gasteiger partial charge in [-0.3, -0.25) is 9.59 Å². The molecule has 4 aromatic rings. The molecule has 2 aliphatic rings. The van der Waals surface area contributed by atoms with E-state index in [0.717, 1.165) is 28.5 Å². The predicted molar refractivity (Wildman–Crippen MR) is 132 cm³/mol. The fourth-order valence-electron chi connectivity index (χ4n) is 4.60. The number of hydrogen-bond acceptors (Lipinski definition) is 5. The Hall–Kier alpha value is -4.02. The summed E-state index contributed by atoms with van der Waals surface area (Å²) in [5.74, 6) is -2.35. The normalized spacial score (nSPS) is 18.7. The van der Waals surface area contributed by atoms with Crippen LogP contribution < -0.4 is 10.6 Å². The van der Waals surface area contributed by atoms with Crippen LogP contribution in [0.2, 0.25) is 0 Å². The largest absolute Gasteiger partial charge is 0.341 e. The van der Waals surface area contributed by atoms with E-state index in [9.17, 15) is 18.4 Å². The molecule has 2 aliphatic heterocycles. The van der Waals surface area contributed by atoms with Gasteiger partial charge in [-0.2, -0.15) is 16.4 Å². The van der Waals surface area contributed by atoms with E-state index < -0.39 is 24.0 Å². The lowest BCUT2D eigenvalue weighted by Gasteiger charge is -2.23. The third-order valence-corrected chi connectivity index (χ3v) is 7.14. The Bertz CT molecular complexity index is 1670. The summed E-state index contributed by atoms with van der Waals surface area (Å²) in [6.45, 7) is 2.08. The number of thiophene rings is 1. The second-order valence-electron chi connectivity index (χ2n) is 8.89. The van der Waals surface area contributed by atoms with Gasteiger partial charge < -0.3 is 9.64 Å². The molecule has 10 heteroatoms. The first-order chi connectivity index (χ1) is 17.9. The molecule has 0 aliphatic carbocycles. The fraction of sp³-hybridized carbons (Fsp3) is 0.185. The molecular formula is C27H20F2N4O3S. The number of fused-ring (bicyclic) bond motifs is 1. The lowest BCUT2D eigenvalue weighted by molar-refractivity contribution is -0.130. The summed E-state index contributed by atoms with van der Waals surface area (Å²) in [5.41, 5.74) is 3.38. The molecule has 0 radical (unpaired) electrons. The van der Waals surface area contributed by atoms with E-state index in [1.54, 1.807) is 24.1 Å². The molecule has 0 saturated carbocycles. The minimum absolute atomic E-state index is 0.153. The van der Waals surface area contributed by atoms with Crippen LogP contribution in [0, 0.1) is 11.6 Å². The van der Waals surface area contributed by atoms with E-state index in [4.69, 9.17) is 4.74 Å². The maximum Gasteiger partial charge on any atom is 0.270 e. The predicted octanol–water partition coefficient (Wildman–Crippen LogP) is 3.31. The smallest absolute Gasteiger partial charge is 0.270 e. The molecule has 0 unspecified atom stereocenters. The van der Waals surface area contributed by atoms with Crippen LogP contribution in [0.1, 0.15) is 24.3 Å². The van der Waals surface area contributed by atoms with Crippen molar-refractivity contribution in [2.75, 3.05) is 6.54 Å². The van der Waals surface area contributed by atoms with Crippen molar-refractivity contribution in [3.63, 3.8) is 0 Å². The van der Waals surface area contributed by atoms with Crippen LogP contribution in [0.15, 0.2) is 64.4 Å². The molecule has 37 heavy (non-hydrogen) atoms. The van der Waals surface area contributed by atoms with Gasteiger partial charge in [0.15, 0.2) is 17.9 Å². The molecule has 1 saturated heterocycles. The summed E-state index contributed by atoms with van der Waals surface area (Å²) in [6.07, 6.45) is 2.36. The highest BCUT2D eigenvalue weighted by Gasteiger charge is 2.40. The molecule has 2 aromatic carbocycles. The Labute approximate surface area is 213 Å². The molecule has 0 N–H and O–H groups in total. The van der Waals surface area contributed by atoms with E-state index in [1.165, 1.54) is 28.2 Å². The van der Waals surface area contributed by atoms with Crippen molar-refractivity contribution in [1.82, 2.24) is 14.7 Å². The van der Waals surface area contributed by atoms with Crippen molar-refractivity contribution in [2.24, 2.45) is 4.99 Å². The van der Waals surface area contributed by atoms with Gasteiger partial charge in [0.2, 0.25) is 0 Å². The van der Waals surface area contributed by atoms with E-state index >= 15 is 0 Å². The van der Waals surface area contributed by atoms with Crippen LogP contribution in [-0.2, 0) is 20.7 Å². The molecule has 1 fully saturated rings. The number of benzene rings is 2. The van der Waals surface area contributed by atoms with Crippen LogP contribution in [0.4, 0.5) is 8.78 Å². The molecule has 0 bridgehead atoms. The molecule has 2 amide bonds. The minimum atomic E-state index is -0.977. The number of rotatable bonds is 6. The van der Waals surface area contributed by atoms with E-state index in [-0.39, 0.29) is 11.8 Å². The Morgan fingerprint density at radius 1 is 1.08 bits per heavy atom. The lowest BCUT2D eigenvalue weighted by Crippen LogP contribution is -2.32. The van der Waals surface area contributed by atoms with E-state index in [1.807, 2.05) is 29.0 Å². The third kappa shape index (κ3) is 4.28. The zero-order valence-corrected chi connectivity index (χ0v) is 20.4. The summed E-state index contributed by atoms with van der Waals surface area (Å²) in [7, 11) is 0. The molecule has 6 rings (SSSR count). The lowest BCUT2D eigenvalue weighted by atomic mass is 10.1. The molecular weight excluding hydrogens is 498 g/mol. The summed E-state index contributed by atoms with van der Waals surface area (Å²) < 4.78 is 35.1. The summed E-state index contributed by atoms with van der Waals surface area (Å²) >= 11 is 1.50. The molecule has 2 atom stereocenters. The summed E-state index contributed by atoms with van der Waals surface area (Å²) in [6, 6.07) is 11.1. The van der Waals surface area contributed by atoms with Gasteiger partial charge >= 0.3 is 0 Å². The van der Waals surface area contributed by atoms with Gasteiger partial charge in [-0.25, -0.2) is 18.5 Å². The highest BCUT2D eigenvalue weighted by molar-refractivity contribution is 7.08. The zero-order chi connectivity index (χ0) is 25.7. The topological polar surface area (TPSA) is 76.8 Å². The molecule has 4 heterocycles. The third-order valence-electron chi connectivity index (χ3n) is 6.46. The first kappa shape index (κ1) is 23.4.